The molecule has 29 heavy (non-hydrogen) atoms. The highest BCUT2D eigenvalue weighted by molar-refractivity contribution is 6.03. The summed E-state index contributed by atoms with van der Waals surface area (Å²) in [5.74, 6) is 0.289. The largest absolute Gasteiger partial charge is 0.497 e. The summed E-state index contributed by atoms with van der Waals surface area (Å²) >= 11 is 0. The molecule has 148 valence electrons. The molecule has 0 saturated carbocycles. The van der Waals surface area contributed by atoms with E-state index >= 15 is 0 Å². The van der Waals surface area contributed by atoms with Crippen LogP contribution >= 0.6 is 0 Å². The van der Waals surface area contributed by atoms with Crippen LogP contribution in [0.2, 0.25) is 0 Å². The Hall–Kier alpha value is -3.11. The zero-order chi connectivity index (χ0) is 20.2. The maximum Gasteiger partial charge on any atom is 0.235 e. The first kappa shape index (κ1) is 19.2. The lowest BCUT2D eigenvalue weighted by Crippen LogP contribution is -2.59. The fourth-order valence-electron chi connectivity index (χ4n) is 4.06. The Balaban J connectivity index is 1.58. The summed E-state index contributed by atoms with van der Waals surface area (Å²) in [5.41, 5.74) is 3.02. The summed E-state index contributed by atoms with van der Waals surface area (Å²) in [7, 11) is 1.63. The number of hydrogen-bond acceptors (Lipinski definition) is 3. The van der Waals surface area contributed by atoms with Crippen molar-refractivity contribution < 1.29 is 14.6 Å². The fourth-order valence-corrected chi connectivity index (χ4v) is 4.06. The van der Waals surface area contributed by atoms with Crippen molar-refractivity contribution in [2.24, 2.45) is 5.92 Å². The summed E-state index contributed by atoms with van der Waals surface area (Å²) < 4.78 is 5.27. The van der Waals surface area contributed by atoms with Crippen LogP contribution < -0.4 is 9.64 Å². The number of carbonyl (C=O) groups is 1. The van der Waals surface area contributed by atoms with Gasteiger partial charge in [-0.05, 0) is 48.2 Å². The third-order valence-corrected chi connectivity index (χ3v) is 5.62. The highest BCUT2D eigenvalue weighted by Crippen LogP contribution is 2.46. The van der Waals surface area contributed by atoms with Crippen molar-refractivity contribution >= 4 is 11.6 Å². The Bertz CT molecular complexity index is 941. The van der Waals surface area contributed by atoms with Gasteiger partial charge in [-0.1, -0.05) is 60.7 Å². The second-order valence-electron chi connectivity index (χ2n) is 7.38. The number of β-lactam (4-membered cyclic amide) rings is 1. The number of amides is 1. The molecule has 3 aromatic rings. The van der Waals surface area contributed by atoms with Crippen LogP contribution in [0.1, 0.15) is 23.6 Å². The Labute approximate surface area is 171 Å². The van der Waals surface area contributed by atoms with Gasteiger partial charge in [0, 0.05) is 5.69 Å². The summed E-state index contributed by atoms with van der Waals surface area (Å²) in [5, 5.41) is 10.9. The van der Waals surface area contributed by atoms with Crippen molar-refractivity contribution in [3.05, 3.63) is 96.1 Å². The highest BCUT2D eigenvalue weighted by atomic mass is 16.5. The zero-order valence-electron chi connectivity index (χ0n) is 16.4. The molecule has 3 aromatic carbocycles. The third kappa shape index (κ3) is 3.89. The van der Waals surface area contributed by atoms with E-state index in [0.717, 1.165) is 23.4 Å². The van der Waals surface area contributed by atoms with Crippen molar-refractivity contribution in [3.8, 4) is 5.75 Å². The molecule has 0 aliphatic carbocycles. The summed E-state index contributed by atoms with van der Waals surface area (Å²) in [6.45, 7) is 0. The van der Waals surface area contributed by atoms with E-state index in [2.05, 4.69) is 0 Å². The predicted molar refractivity (Wildman–Crippen MR) is 114 cm³/mol. The van der Waals surface area contributed by atoms with Crippen LogP contribution in [-0.2, 0) is 11.2 Å². The van der Waals surface area contributed by atoms with Gasteiger partial charge >= 0.3 is 0 Å². The van der Waals surface area contributed by atoms with Gasteiger partial charge in [-0.25, -0.2) is 0 Å². The van der Waals surface area contributed by atoms with E-state index < -0.39 is 12.0 Å². The Morgan fingerprint density at radius 3 is 2.17 bits per heavy atom. The molecule has 0 bridgehead atoms. The number of anilines is 1. The number of nitrogens with zero attached hydrogens (tertiary/aromatic N) is 1. The lowest BCUT2D eigenvalue weighted by atomic mass is 9.76. The third-order valence-electron chi connectivity index (χ3n) is 5.62. The standard InChI is InChI=1S/C25H25NO3/c1-29-21-15-13-19(14-16-21)24-23(22(27)17-12-18-8-4-2-5-9-18)25(28)26(24)20-10-6-3-7-11-20/h2-11,13-16,22-24,27H,12,17H2,1H3/t22-,23-,24-/m0/s1. The second-order valence-corrected chi connectivity index (χ2v) is 7.38. The van der Waals surface area contributed by atoms with Crippen LogP contribution in [0.25, 0.3) is 0 Å². The molecule has 0 radical (unpaired) electrons. The van der Waals surface area contributed by atoms with E-state index in [1.807, 2.05) is 84.9 Å². The maximum atomic E-state index is 13.1. The molecule has 1 N–H and O–H groups in total. The van der Waals surface area contributed by atoms with E-state index in [0.29, 0.717) is 6.42 Å². The lowest BCUT2D eigenvalue weighted by molar-refractivity contribution is -0.136. The molecule has 1 amide bonds. The van der Waals surface area contributed by atoms with Crippen LogP contribution in [0.4, 0.5) is 5.69 Å². The maximum absolute atomic E-state index is 13.1. The highest BCUT2D eigenvalue weighted by Gasteiger charge is 2.51. The summed E-state index contributed by atoms with van der Waals surface area (Å²) in [6.07, 6.45) is 0.595. The molecule has 1 heterocycles. The summed E-state index contributed by atoms with van der Waals surface area (Å²) in [4.78, 5) is 14.9. The molecular formula is C25H25NO3. The molecule has 1 saturated heterocycles. The Kier molecular flexibility index (Phi) is 5.63. The average molecular weight is 387 g/mol. The molecule has 1 aliphatic rings. The van der Waals surface area contributed by atoms with Gasteiger partial charge in [0.2, 0.25) is 5.91 Å². The number of aliphatic hydroxyl groups excluding tert-OH is 1. The molecule has 4 heteroatoms. The van der Waals surface area contributed by atoms with Gasteiger partial charge in [0.1, 0.15) is 5.75 Å². The molecule has 1 aliphatic heterocycles. The van der Waals surface area contributed by atoms with E-state index in [1.54, 1.807) is 12.0 Å². The van der Waals surface area contributed by atoms with Gasteiger partial charge in [-0.2, -0.15) is 0 Å². The predicted octanol–water partition coefficient (Wildman–Crippen LogP) is 4.39. The number of carbonyl (C=O) groups excluding carboxylic acids is 1. The quantitative estimate of drug-likeness (QED) is 0.612. The van der Waals surface area contributed by atoms with Crippen LogP contribution in [0.3, 0.4) is 0 Å². The number of aryl methyl sites for hydroxylation is 1. The van der Waals surface area contributed by atoms with E-state index in [-0.39, 0.29) is 11.9 Å². The van der Waals surface area contributed by atoms with Gasteiger partial charge in [-0.15, -0.1) is 0 Å². The minimum atomic E-state index is -0.699. The van der Waals surface area contributed by atoms with Crippen molar-refractivity contribution in [3.63, 3.8) is 0 Å². The van der Waals surface area contributed by atoms with Gasteiger partial charge in [0.15, 0.2) is 0 Å². The first-order valence-electron chi connectivity index (χ1n) is 9.93. The lowest BCUT2D eigenvalue weighted by Gasteiger charge is -2.49. The van der Waals surface area contributed by atoms with Gasteiger partial charge in [0.25, 0.3) is 0 Å². The Morgan fingerprint density at radius 1 is 0.931 bits per heavy atom. The van der Waals surface area contributed by atoms with Gasteiger partial charge in [-0.3, -0.25) is 4.79 Å². The van der Waals surface area contributed by atoms with Crippen LogP contribution in [0.5, 0.6) is 5.75 Å². The van der Waals surface area contributed by atoms with Crippen LogP contribution in [0.15, 0.2) is 84.9 Å². The average Bonchev–Trinajstić information content (AvgIpc) is 2.77. The molecule has 0 unspecified atom stereocenters. The first-order chi connectivity index (χ1) is 14.2. The number of aliphatic hydroxyl groups is 1. The molecule has 3 atom stereocenters. The number of hydrogen-bond donors (Lipinski definition) is 1. The van der Waals surface area contributed by atoms with Crippen molar-refractivity contribution in [1.82, 2.24) is 0 Å². The number of ether oxygens (including phenoxy) is 1. The topological polar surface area (TPSA) is 49.8 Å². The normalized spacial score (nSPS) is 19.5. The van der Waals surface area contributed by atoms with Gasteiger partial charge < -0.3 is 14.7 Å². The number of methoxy groups -OCH3 is 1. The molecule has 4 rings (SSSR count). The smallest absolute Gasteiger partial charge is 0.235 e. The van der Waals surface area contributed by atoms with Crippen LogP contribution in [0, 0.1) is 5.92 Å². The van der Waals surface area contributed by atoms with Crippen molar-refractivity contribution in [1.29, 1.82) is 0 Å². The number of rotatable bonds is 7. The Morgan fingerprint density at radius 2 is 1.55 bits per heavy atom. The molecule has 0 spiro atoms. The summed E-state index contributed by atoms with van der Waals surface area (Å²) in [6, 6.07) is 27.3. The monoisotopic (exact) mass is 387 g/mol. The molecule has 4 nitrogen and oxygen atoms in total. The molecule has 1 fully saturated rings. The van der Waals surface area contributed by atoms with E-state index in [9.17, 15) is 9.90 Å². The SMILES string of the molecule is COc1ccc([C@H]2[C@H]([C@@H](O)CCc3ccccc3)C(=O)N2c2ccccc2)cc1. The van der Waals surface area contributed by atoms with E-state index in [4.69, 9.17) is 4.74 Å². The fraction of sp³-hybridized carbons (Fsp3) is 0.240. The van der Waals surface area contributed by atoms with Crippen LogP contribution in [-0.4, -0.2) is 24.2 Å². The zero-order valence-corrected chi connectivity index (χ0v) is 16.4. The minimum absolute atomic E-state index is 0.0300. The minimum Gasteiger partial charge on any atom is -0.497 e. The van der Waals surface area contributed by atoms with E-state index in [1.165, 1.54) is 5.56 Å². The second kappa shape index (κ2) is 8.50. The van der Waals surface area contributed by atoms with Crippen molar-refractivity contribution in [2.45, 2.75) is 25.0 Å². The van der Waals surface area contributed by atoms with Crippen molar-refractivity contribution in [2.75, 3.05) is 12.0 Å². The first-order valence-corrected chi connectivity index (χ1v) is 9.93. The number of para-hydroxylation sites is 1. The number of benzene rings is 3. The molecule has 0 aromatic heterocycles. The van der Waals surface area contributed by atoms with Gasteiger partial charge in [0.05, 0.1) is 25.2 Å². The molecular weight excluding hydrogens is 362 g/mol.